The molecule has 3 heterocycles. The number of nitrogens with zero attached hydrogens (tertiary/aromatic N) is 2. The zero-order valence-corrected chi connectivity index (χ0v) is 20.3. The Kier molecular flexibility index (Phi) is 9.70. The van der Waals surface area contributed by atoms with E-state index in [1.807, 2.05) is 0 Å². The van der Waals surface area contributed by atoms with Crippen molar-refractivity contribution in [3.8, 4) is 0 Å². The number of nitrogens with one attached hydrogen (secondary N) is 2. The molecule has 160 valence electrons. The van der Waals surface area contributed by atoms with Gasteiger partial charge in [-0.05, 0) is 25.0 Å². The maximum Gasteiger partial charge on any atom is 0.250 e. The Morgan fingerprint density at radius 1 is 1.32 bits per heavy atom. The summed E-state index contributed by atoms with van der Waals surface area (Å²) < 4.78 is 39.2. The Morgan fingerprint density at radius 3 is 2.75 bits per heavy atom. The fourth-order valence-electron chi connectivity index (χ4n) is 3.19. The number of rotatable bonds is 6. The molecule has 2 aliphatic heterocycles. The summed E-state index contributed by atoms with van der Waals surface area (Å²) in [4.78, 5) is 6.44. The van der Waals surface area contributed by atoms with Crippen molar-refractivity contribution in [3.63, 3.8) is 0 Å². The van der Waals surface area contributed by atoms with Crippen LogP contribution in [0.1, 0.15) is 12.8 Å². The molecule has 2 unspecified atom stereocenters. The standard InChI is InChI=1S/C16H25ClN4O4S2.HI/c1-18-16(21-8-10-25-13(11-21)12-3-2-9-24-12)19-6-7-20-27(22,23)15-5-4-14(17)26-15;/h4-5,12-13,20H,2-3,6-11H2,1H3,(H,18,19);1H. The van der Waals surface area contributed by atoms with E-state index < -0.39 is 10.0 Å². The van der Waals surface area contributed by atoms with Crippen LogP contribution >= 0.6 is 46.9 Å². The van der Waals surface area contributed by atoms with Crippen LogP contribution in [0, 0.1) is 0 Å². The first-order valence-corrected chi connectivity index (χ1v) is 11.6. The molecule has 3 rings (SSSR count). The molecule has 0 bridgehead atoms. The third kappa shape index (κ3) is 6.41. The van der Waals surface area contributed by atoms with Gasteiger partial charge in [0.1, 0.15) is 10.3 Å². The van der Waals surface area contributed by atoms with Crippen LogP contribution in [0.25, 0.3) is 0 Å². The van der Waals surface area contributed by atoms with Crippen LogP contribution in [-0.4, -0.2) is 77.9 Å². The molecule has 0 spiro atoms. The number of thiophene rings is 1. The summed E-state index contributed by atoms with van der Waals surface area (Å²) in [5, 5.41) is 3.21. The van der Waals surface area contributed by atoms with Gasteiger partial charge in [-0.15, -0.1) is 35.3 Å². The third-order valence-corrected chi connectivity index (χ3v) is 7.68. The molecule has 1 aromatic heterocycles. The molecule has 0 aromatic carbocycles. The normalized spacial score (nSPS) is 23.5. The molecule has 2 N–H and O–H groups in total. The maximum absolute atomic E-state index is 12.2. The van der Waals surface area contributed by atoms with Crippen molar-refractivity contribution in [3.05, 3.63) is 16.5 Å². The van der Waals surface area contributed by atoms with Gasteiger partial charge in [0.05, 0.1) is 17.0 Å². The molecule has 0 aliphatic carbocycles. The van der Waals surface area contributed by atoms with E-state index in [1.165, 1.54) is 6.07 Å². The van der Waals surface area contributed by atoms with E-state index in [9.17, 15) is 8.42 Å². The summed E-state index contributed by atoms with van der Waals surface area (Å²) in [6.07, 6.45) is 2.30. The lowest BCUT2D eigenvalue weighted by Crippen LogP contribution is -2.54. The predicted molar refractivity (Wildman–Crippen MR) is 122 cm³/mol. The average molecular weight is 565 g/mol. The molecule has 28 heavy (non-hydrogen) atoms. The predicted octanol–water partition coefficient (Wildman–Crippen LogP) is 1.75. The van der Waals surface area contributed by atoms with Crippen LogP contribution in [-0.2, 0) is 19.5 Å². The summed E-state index contributed by atoms with van der Waals surface area (Å²) in [5.74, 6) is 0.736. The van der Waals surface area contributed by atoms with Crippen molar-refractivity contribution >= 4 is 62.9 Å². The zero-order chi connectivity index (χ0) is 19.3. The highest BCUT2D eigenvalue weighted by Gasteiger charge is 2.32. The number of aliphatic imine (C=N–C) groups is 1. The first kappa shape index (κ1) is 24.1. The first-order chi connectivity index (χ1) is 13.0. The van der Waals surface area contributed by atoms with Gasteiger partial charge in [-0.2, -0.15) is 0 Å². The molecule has 12 heteroatoms. The molecule has 0 radical (unpaired) electrons. The van der Waals surface area contributed by atoms with Crippen LogP contribution < -0.4 is 10.0 Å². The van der Waals surface area contributed by atoms with E-state index in [0.29, 0.717) is 24.0 Å². The number of sulfonamides is 1. The molecular formula is C16H26ClIN4O4S2. The number of ether oxygens (including phenoxy) is 2. The fraction of sp³-hybridized carbons (Fsp3) is 0.688. The van der Waals surface area contributed by atoms with E-state index in [0.717, 1.165) is 43.3 Å². The monoisotopic (exact) mass is 564 g/mol. The molecule has 2 fully saturated rings. The van der Waals surface area contributed by atoms with Crippen LogP contribution in [0.5, 0.6) is 0 Å². The van der Waals surface area contributed by atoms with Crippen molar-refractivity contribution in [1.82, 2.24) is 14.9 Å². The first-order valence-electron chi connectivity index (χ1n) is 8.93. The highest BCUT2D eigenvalue weighted by atomic mass is 127. The fourth-order valence-corrected chi connectivity index (χ4v) is 5.75. The van der Waals surface area contributed by atoms with Crippen LogP contribution in [0.2, 0.25) is 4.34 Å². The highest BCUT2D eigenvalue weighted by Crippen LogP contribution is 2.25. The van der Waals surface area contributed by atoms with Crippen molar-refractivity contribution in [2.75, 3.05) is 46.4 Å². The lowest BCUT2D eigenvalue weighted by molar-refractivity contribution is -0.0816. The Bertz CT molecular complexity index is 756. The topological polar surface area (TPSA) is 92.3 Å². The van der Waals surface area contributed by atoms with E-state index in [4.69, 9.17) is 21.1 Å². The van der Waals surface area contributed by atoms with Gasteiger partial charge in [-0.25, -0.2) is 13.1 Å². The lowest BCUT2D eigenvalue weighted by Gasteiger charge is -2.37. The number of hydrogen-bond donors (Lipinski definition) is 2. The highest BCUT2D eigenvalue weighted by molar-refractivity contribution is 14.0. The van der Waals surface area contributed by atoms with Gasteiger partial charge >= 0.3 is 0 Å². The quantitative estimate of drug-likeness (QED) is 0.237. The largest absolute Gasteiger partial charge is 0.375 e. The minimum Gasteiger partial charge on any atom is -0.375 e. The Hall–Kier alpha value is -0.180. The molecule has 2 aliphatic rings. The summed E-state index contributed by atoms with van der Waals surface area (Å²) >= 11 is 6.84. The molecule has 2 atom stereocenters. The van der Waals surface area contributed by atoms with E-state index in [-0.39, 0.29) is 46.9 Å². The molecule has 8 nitrogen and oxygen atoms in total. The second-order valence-electron chi connectivity index (χ2n) is 6.34. The maximum atomic E-state index is 12.2. The summed E-state index contributed by atoms with van der Waals surface area (Å²) in [6.45, 7) is 3.54. The number of morpholine rings is 1. The van der Waals surface area contributed by atoms with Crippen molar-refractivity contribution < 1.29 is 17.9 Å². The summed E-state index contributed by atoms with van der Waals surface area (Å²) in [6, 6.07) is 3.07. The lowest BCUT2D eigenvalue weighted by atomic mass is 10.1. The van der Waals surface area contributed by atoms with Gasteiger partial charge in [0.15, 0.2) is 5.96 Å². The number of hydrogen-bond acceptors (Lipinski definition) is 6. The van der Waals surface area contributed by atoms with Crippen LogP contribution in [0.4, 0.5) is 0 Å². The van der Waals surface area contributed by atoms with Crippen molar-refractivity contribution in [1.29, 1.82) is 0 Å². The zero-order valence-electron chi connectivity index (χ0n) is 15.6. The van der Waals surface area contributed by atoms with Gasteiger partial charge in [0, 0.05) is 39.8 Å². The Morgan fingerprint density at radius 2 is 2.11 bits per heavy atom. The van der Waals surface area contributed by atoms with Crippen LogP contribution in [0.15, 0.2) is 21.3 Å². The second-order valence-corrected chi connectivity index (χ2v) is 10.0. The van der Waals surface area contributed by atoms with Gasteiger partial charge in [0.25, 0.3) is 0 Å². The number of guanidine groups is 1. The van der Waals surface area contributed by atoms with Crippen LogP contribution in [0.3, 0.4) is 0 Å². The second kappa shape index (κ2) is 11.3. The minimum atomic E-state index is -3.53. The van der Waals surface area contributed by atoms with Gasteiger partial charge in [-0.3, -0.25) is 4.99 Å². The SMILES string of the molecule is CN=C(NCCNS(=O)(=O)c1ccc(Cl)s1)N1CCOC(C2CCCO2)C1.I. The minimum absolute atomic E-state index is 0. The summed E-state index contributed by atoms with van der Waals surface area (Å²) in [7, 11) is -1.82. The van der Waals surface area contributed by atoms with Crippen molar-refractivity contribution in [2.24, 2.45) is 4.99 Å². The Balaban J connectivity index is 0.00000280. The van der Waals surface area contributed by atoms with E-state index >= 15 is 0 Å². The van der Waals surface area contributed by atoms with Gasteiger partial charge in [0.2, 0.25) is 10.0 Å². The molecule has 2 saturated heterocycles. The van der Waals surface area contributed by atoms with E-state index in [1.54, 1.807) is 13.1 Å². The van der Waals surface area contributed by atoms with E-state index in [2.05, 4.69) is 19.9 Å². The molecule has 0 saturated carbocycles. The number of halogens is 2. The smallest absolute Gasteiger partial charge is 0.250 e. The average Bonchev–Trinajstić information content (AvgIpc) is 3.34. The van der Waals surface area contributed by atoms with Crippen molar-refractivity contribution in [2.45, 2.75) is 29.3 Å². The summed E-state index contributed by atoms with van der Waals surface area (Å²) in [5.41, 5.74) is 0. The molecular weight excluding hydrogens is 539 g/mol. The third-order valence-electron chi connectivity index (χ3n) is 4.50. The van der Waals surface area contributed by atoms with Gasteiger partial charge in [-0.1, -0.05) is 11.6 Å². The molecule has 1 aromatic rings. The van der Waals surface area contributed by atoms with Gasteiger partial charge < -0.3 is 19.7 Å². The molecule has 0 amide bonds. The Labute approximate surface area is 192 Å².